The Morgan fingerprint density at radius 1 is 0.893 bits per heavy atom. The number of benzene rings is 3. The third-order valence-corrected chi connectivity index (χ3v) is 4.68. The molecular weight excluding hydrogens is 350 g/mol. The Kier molecular flexibility index (Phi) is 4.83. The maximum atomic E-state index is 13.0. The van der Waals surface area contributed by atoms with E-state index in [-0.39, 0.29) is 12.3 Å². The molecule has 0 radical (unpaired) electrons. The Hall–Kier alpha value is -3.57. The molecule has 0 aliphatic carbocycles. The minimum atomic E-state index is -1.08. The van der Waals surface area contributed by atoms with Crippen molar-refractivity contribution in [1.82, 2.24) is 0 Å². The molecule has 0 saturated carbocycles. The predicted octanol–water partition coefficient (Wildman–Crippen LogP) is 3.04. The first-order chi connectivity index (χ1) is 13.6. The molecule has 0 saturated heterocycles. The largest absolute Gasteiger partial charge is 0.302 e. The van der Waals surface area contributed by atoms with Crippen LogP contribution in [-0.2, 0) is 4.79 Å². The molecule has 3 aromatic carbocycles. The van der Waals surface area contributed by atoms with Crippen LogP contribution < -0.4 is 10.6 Å². The fourth-order valence-corrected chi connectivity index (χ4v) is 3.30. The van der Waals surface area contributed by atoms with Crippen LogP contribution in [0, 0.1) is 0 Å². The van der Waals surface area contributed by atoms with Crippen molar-refractivity contribution >= 4 is 23.1 Å². The van der Waals surface area contributed by atoms with Gasteiger partial charge in [0, 0.05) is 16.7 Å². The summed E-state index contributed by atoms with van der Waals surface area (Å²) in [5.74, 6) is -0.554. The van der Waals surface area contributed by atoms with E-state index in [2.05, 4.69) is 4.99 Å². The van der Waals surface area contributed by atoms with E-state index in [9.17, 15) is 9.59 Å². The Morgan fingerprint density at radius 3 is 2.21 bits per heavy atom. The van der Waals surface area contributed by atoms with Crippen LogP contribution in [0.1, 0.15) is 21.5 Å². The number of rotatable bonds is 4. The van der Waals surface area contributed by atoms with Crippen molar-refractivity contribution in [3.05, 3.63) is 102 Å². The molecule has 1 amide bonds. The predicted molar refractivity (Wildman–Crippen MR) is 110 cm³/mol. The number of carbonyl (C=O) groups is 2. The first kappa shape index (κ1) is 17.8. The van der Waals surface area contributed by atoms with Crippen LogP contribution in [0.25, 0.3) is 0 Å². The van der Waals surface area contributed by atoms with Crippen molar-refractivity contribution in [2.24, 2.45) is 10.7 Å². The Bertz CT molecular complexity index is 1050. The second kappa shape index (κ2) is 7.58. The number of nitrogens with zero attached hydrogens (tertiary/aromatic N) is 2. The normalized spacial score (nSPS) is 16.2. The molecule has 0 bridgehead atoms. The summed E-state index contributed by atoms with van der Waals surface area (Å²) < 4.78 is 0. The number of Topliss-reactive ketones (excluding diaryl/α,β-unsaturated/α-hetero) is 1. The van der Waals surface area contributed by atoms with Crippen LogP contribution in [0.5, 0.6) is 0 Å². The fourth-order valence-electron chi connectivity index (χ4n) is 3.30. The molecule has 3 aromatic rings. The summed E-state index contributed by atoms with van der Waals surface area (Å²) in [7, 11) is 0. The molecule has 0 fully saturated rings. The molecule has 28 heavy (non-hydrogen) atoms. The molecule has 138 valence electrons. The topological polar surface area (TPSA) is 75.8 Å². The Balaban J connectivity index is 1.78. The lowest BCUT2D eigenvalue weighted by Gasteiger charge is -2.23. The van der Waals surface area contributed by atoms with E-state index < -0.39 is 12.1 Å². The number of fused-ring (bicyclic) bond motifs is 1. The third-order valence-electron chi connectivity index (χ3n) is 4.68. The van der Waals surface area contributed by atoms with Gasteiger partial charge in [-0.15, -0.1) is 0 Å². The zero-order valence-electron chi connectivity index (χ0n) is 15.2. The lowest BCUT2D eigenvalue weighted by atomic mass is 10.00. The summed E-state index contributed by atoms with van der Waals surface area (Å²) in [6.07, 6.45) is -1.08. The lowest BCUT2D eigenvalue weighted by Crippen LogP contribution is -2.44. The molecule has 5 nitrogen and oxygen atoms in total. The number of aliphatic imine (C=N–C) groups is 1. The van der Waals surface area contributed by atoms with E-state index in [1.54, 1.807) is 24.3 Å². The first-order valence-corrected chi connectivity index (χ1v) is 9.03. The van der Waals surface area contributed by atoms with Crippen molar-refractivity contribution in [3.63, 3.8) is 0 Å². The number of hydrogen-bond donors (Lipinski definition) is 1. The maximum absolute atomic E-state index is 13.0. The second-order valence-corrected chi connectivity index (χ2v) is 6.52. The number of ketones is 1. The molecule has 0 aromatic heterocycles. The van der Waals surface area contributed by atoms with Gasteiger partial charge in [0.05, 0.1) is 17.9 Å². The molecule has 1 aliphatic rings. The van der Waals surface area contributed by atoms with E-state index in [0.717, 1.165) is 11.1 Å². The van der Waals surface area contributed by atoms with E-state index in [0.29, 0.717) is 17.0 Å². The van der Waals surface area contributed by atoms with Gasteiger partial charge < -0.3 is 10.6 Å². The van der Waals surface area contributed by atoms with Gasteiger partial charge in [-0.1, -0.05) is 78.9 Å². The fraction of sp³-hybridized carbons (Fsp3) is 0.0870. The molecule has 4 rings (SSSR count). The number of carbonyl (C=O) groups excluding carboxylic acids is 2. The van der Waals surface area contributed by atoms with Gasteiger partial charge in [0.1, 0.15) is 0 Å². The minimum absolute atomic E-state index is 0.0921. The number of benzodiazepines with no additional fused rings is 1. The summed E-state index contributed by atoms with van der Waals surface area (Å²) >= 11 is 0. The van der Waals surface area contributed by atoms with Crippen LogP contribution in [0.2, 0.25) is 0 Å². The first-order valence-electron chi connectivity index (χ1n) is 9.03. The van der Waals surface area contributed by atoms with Crippen LogP contribution >= 0.6 is 0 Å². The number of para-hydroxylation sites is 1. The van der Waals surface area contributed by atoms with E-state index in [4.69, 9.17) is 5.73 Å². The average molecular weight is 369 g/mol. The molecule has 1 atom stereocenters. The van der Waals surface area contributed by atoms with Crippen LogP contribution in [0.4, 0.5) is 5.69 Å². The van der Waals surface area contributed by atoms with Crippen molar-refractivity contribution in [2.75, 3.05) is 11.4 Å². The summed E-state index contributed by atoms with van der Waals surface area (Å²) in [6, 6.07) is 26.0. The van der Waals surface area contributed by atoms with Crippen molar-refractivity contribution in [3.8, 4) is 0 Å². The molecular formula is C23H19N3O2. The standard InChI is InChI=1S/C23H19N3O2/c24-22-23(28)26(15-20(27)16-9-3-1-4-10-16)19-14-8-7-13-18(19)21(25-22)17-11-5-2-6-12-17/h1-14,22H,15,24H2. The minimum Gasteiger partial charge on any atom is -0.302 e. The average Bonchev–Trinajstić information content (AvgIpc) is 2.85. The second-order valence-electron chi connectivity index (χ2n) is 6.52. The van der Waals surface area contributed by atoms with Crippen molar-refractivity contribution in [2.45, 2.75) is 6.17 Å². The Morgan fingerprint density at radius 2 is 1.50 bits per heavy atom. The summed E-state index contributed by atoms with van der Waals surface area (Å²) in [6.45, 7) is -0.0921. The van der Waals surface area contributed by atoms with E-state index in [1.807, 2.05) is 60.7 Å². The molecule has 0 spiro atoms. The zero-order valence-corrected chi connectivity index (χ0v) is 15.2. The van der Waals surface area contributed by atoms with Gasteiger partial charge in [-0.3, -0.25) is 14.6 Å². The Labute approximate surface area is 163 Å². The van der Waals surface area contributed by atoms with Crippen LogP contribution in [-0.4, -0.2) is 30.1 Å². The van der Waals surface area contributed by atoms with Gasteiger partial charge in [-0.2, -0.15) is 0 Å². The number of hydrogen-bond acceptors (Lipinski definition) is 4. The van der Waals surface area contributed by atoms with Crippen molar-refractivity contribution < 1.29 is 9.59 Å². The summed E-state index contributed by atoms with van der Waals surface area (Å²) in [5, 5.41) is 0. The van der Waals surface area contributed by atoms with Crippen LogP contribution in [0.15, 0.2) is 89.9 Å². The molecule has 1 aliphatic heterocycles. The maximum Gasteiger partial charge on any atom is 0.266 e. The van der Waals surface area contributed by atoms with Gasteiger partial charge in [-0.05, 0) is 6.07 Å². The molecule has 5 heteroatoms. The van der Waals surface area contributed by atoms with Gasteiger partial charge in [-0.25, -0.2) is 0 Å². The molecule has 2 N–H and O–H groups in total. The van der Waals surface area contributed by atoms with E-state index in [1.165, 1.54) is 4.90 Å². The third kappa shape index (κ3) is 3.35. The number of anilines is 1. The van der Waals surface area contributed by atoms with E-state index >= 15 is 0 Å². The van der Waals surface area contributed by atoms with Crippen molar-refractivity contribution in [1.29, 1.82) is 0 Å². The quantitative estimate of drug-likeness (QED) is 0.718. The SMILES string of the molecule is NC1N=C(c2ccccc2)c2ccccc2N(CC(=O)c2ccccc2)C1=O. The highest BCUT2D eigenvalue weighted by molar-refractivity contribution is 6.21. The molecule has 1 unspecified atom stereocenters. The van der Waals surface area contributed by atoms with Gasteiger partial charge >= 0.3 is 0 Å². The van der Waals surface area contributed by atoms with Crippen LogP contribution in [0.3, 0.4) is 0 Å². The summed E-state index contributed by atoms with van der Waals surface area (Å²) in [5.41, 5.74) is 9.57. The smallest absolute Gasteiger partial charge is 0.266 e. The highest BCUT2D eigenvalue weighted by atomic mass is 16.2. The highest BCUT2D eigenvalue weighted by Gasteiger charge is 2.31. The lowest BCUT2D eigenvalue weighted by molar-refractivity contribution is -0.119. The number of nitrogens with two attached hydrogens (primary N) is 1. The molecule has 1 heterocycles. The zero-order chi connectivity index (χ0) is 19.5. The van der Waals surface area contributed by atoms with Gasteiger partial charge in [0.2, 0.25) is 0 Å². The summed E-state index contributed by atoms with van der Waals surface area (Å²) in [4.78, 5) is 31.7. The highest BCUT2D eigenvalue weighted by Crippen LogP contribution is 2.28. The number of amides is 1. The monoisotopic (exact) mass is 369 g/mol. The van der Waals surface area contributed by atoms with Gasteiger partial charge in [0.25, 0.3) is 5.91 Å². The van der Waals surface area contributed by atoms with Gasteiger partial charge in [0.15, 0.2) is 11.9 Å².